The zero-order valence-electron chi connectivity index (χ0n) is 11.5. The fourth-order valence-electron chi connectivity index (χ4n) is 2.37. The number of rotatable bonds is 3. The first-order chi connectivity index (χ1) is 9.85. The van der Waals surface area contributed by atoms with Crippen LogP contribution in [0.4, 0.5) is 18.9 Å². The molecule has 2 unspecified atom stereocenters. The number of halogens is 3. The summed E-state index contributed by atoms with van der Waals surface area (Å²) in [7, 11) is 0. The van der Waals surface area contributed by atoms with Crippen LogP contribution in [0.2, 0.25) is 0 Å². The molecule has 1 aliphatic heterocycles. The number of carbonyl (C=O) groups is 1. The van der Waals surface area contributed by atoms with Gasteiger partial charge in [0.1, 0.15) is 0 Å². The van der Waals surface area contributed by atoms with E-state index in [-0.39, 0.29) is 17.5 Å². The largest absolute Gasteiger partial charge is 0.573 e. The second-order valence-electron chi connectivity index (χ2n) is 5.23. The number of benzene rings is 1. The predicted molar refractivity (Wildman–Crippen MR) is 71.9 cm³/mol. The van der Waals surface area contributed by atoms with Gasteiger partial charge in [-0.05, 0) is 31.0 Å². The van der Waals surface area contributed by atoms with E-state index < -0.39 is 12.1 Å². The van der Waals surface area contributed by atoms with Gasteiger partial charge in [0.05, 0.1) is 11.6 Å². The van der Waals surface area contributed by atoms with Crippen LogP contribution in [0.5, 0.6) is 5.75 Å². The molecule has 1 aromatic carbocycles. The second-order valence-corrected chi connectivity index (χ2v) is 5.23. The van der Waals surface area contributed by atoms with Crippen LogP contribution in [-0.4, -0.2) is 25.4 Å². The molecular formula is C14H17F3N2O2. The Kier molecular flexibility index (Phi) is 4.72. The molecule has 0 saturated carbocycles. The molecule has 2 N–H and O–H groups in total. The molecule has 116 valence electrons. The SMILES string of the molecule is CC1CNCC(C(=O)Nc2ccccc2OC(F)(F)F)C1. The van der Waals surface area contributed by atoms with Gasteiger partial charge >= 0.3 is 6.36 Å². The highest BCUT2D eigenvalue weighted by Gasteiger charge is 2.32. The summed E-state index contributed by atoms with van der Waals surface area (Å²) in [5.41, 5.74) is 0.0260. The fourth-order valence-corrected chi connectivity index (χ4v) is 2.37. The van der Waals surface area contributed by atoms with Gasteiger partial charge in [-0.15, -0.1) is 13.2 Å². The van der Waals surface area contributed by atoms with Crippen LogP contribution in [0, 0.1) is 11.8 Å². The van der Waals surface area contributed by atoms with E-state index in [1.807, 2.05) is 6.92 Å². The first-order valence-electron chi connectivity index (χ1n) is 6.71. The predicted octanol–water partition coefficient (Wildman–Crippen LogP) is 2.77. The average molecular weight is 302 g/mol. The lowest BCUT2D eigenvalue weighted by Gasteiger charge is -2.27. The second kappa shape index (κ2) is 6.34. The molecule has 7 heteroatoms. The number of piperidine rings is 1. The maximum absolute atomic E-state index is 12.3. The minimum absolute atomic E-state index is 0.0260. The first kappa shape index (κ1) is 15.6. The van der Waals surface area contributed by atoms with Crippen molar-refractivity contribution >= 4 is 11.6 Å². The highest BCUT2D eigenvalue weighted by molar-refractivity contribution is 5.94. The van der Waals surface area contributed by atoms with E-state index in [2.05, 4.69) is 15.4 Å². The maximum Gasteiger partial charge on any atom is 0.573 e. The fraction of sp³-hybridized carbons (Fsp3) is 0.500. The molecule has 1 saturated heterocycles. The standard InChI is InChI=1S/C14H17F3N2O2/c1-9-6-10(8-18-7-9)13(20)19-11-4-2-3-5-12(11)21-14(15,16)17/h2-5,9-10,18H,6-8H2,1H3,(H,19,20). The van der Waals surface area contributed by atoms with Gasteiger partial charge in [0.2, 0.25) is 5.91 Å². The van der Waals surface area contributed by atoms with Crippen LogP contribution in [0.3, 0.4) is 0 Å². The Hall–Kier alpha value is -1.76. The molecule has 1 aromatic rings. The number of para-hydroxylation sites is 2. The Bertz CT molecular complexity index is 505. The van der Waals surface area contributed by atoms with Crippen LogP contribution in [-0.2, 0) is 4.79 Å². The van der Waals surface area contributed by atoms with Crippen molar-refractivity contribution in [2.75, 3.05) is 18.4 Å². The zero-order valence-corrected chi connectivity index (χ0v) is 11.5. The molecule has 1 amide bonds. The summed E-state index contributed by atoms with van der Waals surface area (Å²) in [5, 5.41) is 5.65. The molecule has 4 nitrogen and oxygen atoms in total. The topological polar surface area (TPSA) is 50.4 Å². The summed E-state index contributed by atoms with van der Waals surface area (Å²) in [6.07, 6.45) is -4.08. The number of alkyl halides is 3. The molecule has 0 radical (unpaired) electrons. The molecule has 0 bridgehead atoms. The molecule has 0 spiro atoms. The third kappa shape index (κ3) is 4.63. The number of hydrogen-bond donors (Lipinski definition) is 2. The summed E-state index contributed by atoms with van der Waals surface area (Å²) in [4.78, 5) is 12.1. The van der Waals surface area contributed by atoms with E-state index in [0.29, 0.717) is 18.9 Å². The molecular weight excluding hydrogens is 285 g/mol. The third-order valence-corrected chi connectivity index (χ3v) is 3.31. The Labute approximate surface area is 120 Å². The van der Waals surface area contributed by atoms with Crippen LogP contribution >= 0.6 is 0 Å². The monoisotopic (exact) mass is 302 g/mol. The Morgan fingerprint density at radius 1 is 1.33 bits per heavy atom. The highest BCUT2D eigenvalue weighted by Crippen LogP contribution is 2.30. The quantitative estimate of drug-likeness (QED) is 0.902. The van der Waals surface area contributed by atoms with Crippen molar-refractivity contribution in [3.8, 4) is 5.75 Å². The Balaban J connectivity index is 2.07. The van der Waals surface area contributed by atoms with E-state index in [9.17, 15) is 18.0 Å². The Morgan fingerprint density at radius 3 is 2.71 bits per heavy atom. The lowest BCUT2D eigenvalue weighted by Crippen LogP contribution is -2.41. The van der Waals surface area contributed by atoms with Crippen molar-refractivity contribution in [2.24, 2.45) is 11.8 Å². The van der Waals surface area contributed by atoms with Gasteiger partial charge in [0, 0.05) is 6.54 Å². The molecule has 0 aliphatic carbocycles. The summed E-state index contributed by atoms with van der Waals surface area (Å²) < 4.78 is 40.9. The van der Waals surface area contributed by atoms with Gasteiger partial charge in [-0.3, -0.25) is 4.79 Å². The summed E-state index contributed by atoms with van der Waals surface area (Å²) in [6, 6.07) is 5.52. The van der Waals surface area contributed by atoms with Crippen molar-refractivity contribution in [1.29, 1.82) is 0 Å². The lowest BCUT2D eigenvalue weighted by atomic mass is 9.91. The van der Waals surface area contributed by atoms with Crippen molar-refractivity contribution in [2.45, 2.75) is 19.7 Å². The number of carbonyl (C=O) groups excluding carboxylic acids is 1. The molecule has 2 atom stereocenters. The van der Waals surface area contributed by atoms with Gasteiger partial charge in [-0.2, -0.15) is 0 Å². The van der Waals surface area contributed by atoms with E-state index >= 15 is 0 Å². The van der Waals surface area contributed by atoms with E-state index in [4.69, 9.17) is 0 Å². The summed E-state index contributed by atoms with van der Waals surface area (Å²) >= 11 is 0. The van der Waals surface area contributed by atoms with E-state index in [1.54, 1.807) is 6.07 Å². The molecule has 1 aliphatic rings. The molecule has 1 heterocycles. The van der Waals surface area contributed by atoms with Gasteiger partial charge < -0.3 is 15.4 Å². The van der Waals surface area contributed by atoms with Crippen molar-refractivity contribution < 1.29 is 22.7 Å². The minimum atomic E-state index is -4.79. The van der Waals surface area contributed by atoms with Crippen LogP contribution in [0.25, 0.3) is 0 Å². The van der Waals surface area contributed by atoms with Crippen LogP contribution < -0.4 is 15.4 Å². The zero-order chi connectivity index (χ0) is 15.5. The highest BCUT2D eigenvalue weighted by atomic mass is 19.4. The van der Waals surface area contributed by atoms with Crippen LogP contribution in [0.1, 0.15) is 13.3 Å². The van der Waals surface area contributed by atoms with Gasteiger partial charge in [0.25, 0.3) is 0 Å². The van der Waals surface area contributed by atoms with Gasteiger partial charge in [-0.25, -0.2) is 0 Å². The van der Waals surface area contributed by atoms with Crippen molar-refractivity contribution in [3.63, 3.8) is 0 Å². The number of ether oxygens (including phenoxy) is 1. The number of amides is 1. The number of anilines is 1. The Morgan fingerprint density at radius 2 is 2.05 bits per heavy atom. The first-order valence-corrected chi connectivity index (χ1v) is 6.71. The average Bonchev–Trinajstić information content (AvgIpc) is 2.39. The summed E-state index contributed by atoms with van der Waals surface area (Å²) in [6.45, 7) is 3.39. The van der Waals surface area contributed by atoms with Gasteiger partial charge in [0.15, 0.2) is 5.75 Å². The van der Waals surface area contributed by atoms with E-state index in [1.165, 1.54) is 18.2 Å². The molecule has 0 aromatic heterocycles. The van der Waals surface area contributed by atoms with Crippen molar-refractivity contribution in [3.05, 3.63) is 24.3 Å². The van der Waals surface area contributed by atoms with Gasteiger partial charge in [-0.1, -0.05) is 19.1 Å². The van der Waals surface area contributed by atoms with Crippen LogP contribution in [0.15, 0.2) is 24.3 Å². The van der Waals surface area contributed by atoms with E-state index in [0.717, 1.165) is 6.54 Å². The van der Waals surface area contributed by atoms with Crippen molar-refractivity contribution in [1.82, 2.24) is 5.32 Å². The third-order valence-electron chi connectivity index (χ3n) is 3.31. The smallest absolute Gasteiger partial charge is 0.404 e. The molecule has 21 heavy (non-hydrogen) atoms. The molecule has 2 rings (SSSR count). The molecule has 1 fully saturated rings. The minimum Gasteiger partial charge on any atom is -0.404 e. The summed E-state index contributed by atoms with van der Waals surface area (Å²) in [5.74, 6) is -0.605. The normalized spacial score (nSPS) is 22.7. The maximum atomic E-state index is 12.3. The number of hydrogen-bond acceptors (Lipinski definition) is 3. The number of nitrogens with one attached hydrogen (secondary N) is 2. The lowest BCUT2D eigenvalue weighted by molar-refractivity contribution is -0.274.